The fourth-order valence-corrected chi connectivity index (χ4v) is 3.04. The van der Waals surface area contributed by atoms with Gasteiger partial charge in [0.1, 0.15) is 0 Å². The van der Waals surface area contributed by atoms with Gasteiger partial charge in [-0.3, -0.25) is 5.41 Å². The summed E-state index contributed by atoms with van der Waals surface area (Å²) in [6.07, 6.45) is 0. The maximum atomic E-state index is 8.03. The molecule has 0 unspecified atom stereocenters. The summed E-state index contributed by atoms with van der Waals surface area (Å²) in [4.78, 5) is 0.605. The first-order chi connectivity index (χ1) is 8.13. The highest BCUT2D eigenvalue weighted by atomic mass is 35.5. The highest BCUT2D eigenvalue weighted by molar-refractivity contribution is 7.16. The van der Waals surface area contributed by atoms with E-state index in [9.17, 15) is 0 Å². The van der Waals surface area contributed by atoms with E-state index in [1.165, 1.54) is 15.8 Å². The van der Waals surface area contributed by atoms with Crippen LogP contribution < -0.4 is 4.80 Å². The molecule has 0 bridgehead atoms. The Labute approximate surface area is 117 Å². The van der Waals surface area contributed by atoms with Crippen LogP contribution in [0, 0.1) is 19.3 Å². The molecule has 2 rings (SSSR count). The molecule has 1 aromatic carbocycles. The monoisotopic (exact) mass is 286 g/mol. The van der Waals surface area contributed by atoms with Crippen molar-refractivity contribution >= 4 is 34.0 Å². The third-order valence-corrected chi connectivity index (χ3v) is 3.95. The molecule has 1 N–H and O–H groups in total. The molecule has 3 nitrogen and oxygen atoms in total. The highest BCUT2D eigenvalue weighted by Crippen LogP contribution is 2.23. The van der Waals surface area contributed by atoms with E-state index in [2.05, 4.69) is 26.0 Å². The molecule has 0 spiro atoms. The maximum absolute atomic E-state index is 8.03. The first-order valence-corrected chi connectivity index (χ1v) is 6.68. The van der Waals surface area contributed by atoms with Crippen LogP contribution >= 0.6 is 23.7 Å². The van der Waals surface area contributed by atoms with Gasteiger partial charge in [0.15, 0.2) is 4.80 Å². The van der Waals surface area contributed by atoms with Crippen molar-refractivity contribution in [3.8, 4) is 0 Å². The summed E-state index contributed by atoms with van der Waals surface area (Å²) in [6, 6.07) is 4.33. The van der Waals surface area contributed by atoms with Crippen molar-refractivity contribution in [3.63, 3.8) is 0 Å². The topological polar surface area (TPSA) is 38.0 Å². The normalized spacial score (nSPS) is 10.6. The first kappa shape index (κ1) is 15.2. The van der Waals surface area contributed by atoms with Gasteiger partial charge in [-0.2, -0.15) is 0 Å². The van der Waals surface area contributed by atoms with E-state index < -0.39 is 0 Å². The molecule has 0 aliphatic carbocycles. The second-order valence-electron chi connectivity index (χ2n) is 4.19. The van der Waals surface area contributed by atoms with Crippen LogP contribution in [0.25, 0.3) is 10.2 Å². The van der Waals surface area contributed by atoms with Crippen molar-refractivity contribution in [2.75, 3.05) is 13.2 Å². The second kappa shape index (κ2) is 6.36. The van der Waals surface area contributed by atoms with Crippen molar-refractivity contribution in [2.45, 2.75) is 27.3 Å². The molecule has 0 saturated heterocycles. The summed E-state index contributed by atoms with van der Waals surface area (Å²) in [7, 11) is 0. The Hall–Kier alpha value is -0.840. The van der Waals surface area contributed by atoms with Crippen molar-refractivity contribution in [1.29, 1.82) is 5.41 Å². The van der Waals surface area contributed by atoms with Gasteiger partial charge >= 0.3 is 0 Å². The van der Waals surface area contributed by atoms with E-state index in [0.717, 1.165) is 18.7 Å². The molecule has 1 aromatic heterocycles. The summed E-state index contributed by atoms with van der Waals surface area (Å²) in [5, 5.41) is 8.03. The molecule has 0 radical (unpaired) electrons. The van der Waals surface area contributed by atoms with Gasteiger partial charge in [-0.1, -0.05) is 17.4 Å². The van der Waals surface area contributed by atoms with Gasteiger partial charge in [0.05, 0.1) is 16.8 Å². The van der Waals surface area contributed by atoms with Crippen LogP contribution in [0.3, 0.4) is 0 Å². The summed E-state index contributed by atoms with van der Waals surface area (Å²) in [5.41, 5.74) is 3.67. The molecule has 0 aliphatic heterocycles. The Bertz CT molecular complexity index is 588. The van der Waals surface area contributed by atoms with Gasteiger partial charge in [0, 0.05) is 13.2 Å². The van der Waals surface area contributed by atoms with E-state index in [0.29, 0.717) is 11.4 Å². The minimum atomic E-state index is 0. The molecule has 1 heterocycles. The van der Waals surface area contributed by atoms with Crippen molar-refractivity contribution in [2.24, 2.45) is 0 Å². The summed E-state index contributed by atoms with van der Waals surface area (Å²) < 4.78 is 8.63. The van der Waals surface area contributed by atoms with Crippen molar-refractivity contribution in [1.82, 2.24) is 4.57 Å². The number of benzene rings is 1. The molecule has 100 valence electrons. The number of halogens is 1. The van der Waals surface area contributed by atoms with Crippen LogP contribution in [0.5, 0.6) is 0 Å². The Morgan fingerprint density at radius 1 is 1.33 bits per heavy atom. The third kappa shape index (κ3) is 2.94. The standard InChI is InChI=1S/C13H18N2OS.ClH/c1-4-16-6-5-15-11-8-9(2)7-10(3)12(11)17-13(15)14;/h7-8,14H,4-6H2,1-3H3;1H. The van der Waals surface area contributed by atoms with Gasteiger partial charge in [0.25, 0.3) is 0 Å². The SMILES string of the molecule is CCOCCn1c(=N)sc2c(C)cc(C)cc21.Cl. The average Bonchev–Trinajstić information content (AvgIpc) is 2.57. The van der Waals surface area contributed by atoms with Gasteiger partial charge in [-0.05, 0) is 38.0 Å². The van der Waals surface area contributed by atoms with Gasteiger partial charge in [-0.15, -0.1) is 12.4 Å². The number of hydrogen-bond donors (Lipinski definition) is 1. The number of nitrogens with zero attached hydrogens (tertiary/aromatic N) is 1. The second-order valence-corrected chi connectivity index (χ2v) is 5.18. The van der Waals surface area contributed by atoms with Crippen molar-refractivity contribution in [3.05, 3.63) is 28.1 Å². The van der Waals surface area contributed by atoms with Gasteiger partial charge < -0.3 is 9.30 Å². The predicted molar refractivity (Wildman–Crippen MR) is 78.9 cm³/mol. The molecular formula is C13H19ClN2OS. The smallest absolute Gasteiger partial charge is 0.183 e. The number of aromatic nitrogens is 1. The van der Waals surface area contributed by atoms with E-state index in [-0.39, 0.29) is 12.4 Å². The lowest BCUT2D eigenvalue weighted by molar-refractivity contribution is 0.139. The molecule has 0 amide bonds. The summed E-state index contributed by atoms with van der Waals surface area (Å²) in [6.45, 7) is 8.36. The number of rotatable bonds is 4. The summed E-state index contributed by atoms with van der Waals surface area (Å²) >= 11 is 1.55. The fraction of sp³-hybridized carbons (Fsp3) is 0.462. The zero-order valence-corrected chi connectivity index (χ0v) is 12.6. The zero-order chi connectivity index (χ0) is 12.4. The van der Waals surface area contributed by atoms with Crippen LogP contribution in [-0.2, 0) is 11.3 Å². The van der Waals surface area contributed by atoms with E-state index in [4.69, 9.17) is 10.1 Å². The Balaban J connectivity index is 0.00000162. The molecule has 0 aliphatic rings. The first-order valence-electron chi connectivity index (χ1n) is 5.86. The van der Waals surface area contributed by atoms with Crippen LogP contribution in [0.2, 0.25) is 0 Å². The maximum Gasteiger partial charge on any atom is 0.183 e. The Morgan fingerprint density at radius 3 is 2.72 bits per heavy atom. The van der Waals surface area contributed by atoms with Crippen LogP contribution in [0.1, 0.15) is 18.1 Å². The number of aryl methyl sites for hydroxylation is 2. The number of nitrogens with one attached hydrogen (secondary N) is 1. The average molecular weight is 287 g/mol. The Morgan fingerprint density at radius 2 is 2.06 bits per heavy atom. The van der Waals surface area contributed by atoms with Gasteiger partial charge in [0.2, 0.25) is 0 Å². The van der Waals surface area contributed by atoms with Gasteiger partial charge in [-0.25, -0.2) is 0 Å². The lowest BCUT2D eigenvalue weighted by atomic mass is 10.1. The minimum Gasteiger partial charge on any atom is -0.380 e. The zero-order valence-electron chi connectivity index (χ0n) is 10.9. The lowest BCUT2D eigenvalue weighted by Gasteiger charge is -2.06. The third-order valence-electron chi connectivity index (χ3n) is 2.80. The van der Waals surface area contributed by atoms with Crippen molar-refractivity contribution < 1.29 is 4.74 Å². The number of ether oxygens (including phenoxy) is 1. The summed E-state index contributed by atoms with van der Waals surface area (Å²) in [5.74, 6) is 0. The number of fused-ring (bicyclic) bond motifs is 1. The molecule has 2 aromatic rings. The Kier molecular flexibility index (Phi) is 5.38. The van der Waals surface area contributed by atoms with E-state index in [1.54, 1.807) is 11.3 Å². The number of hydrogen-bond acceptors (Lipinski definition) is 3. The molecule has 18 heavy (non-hydrogen) atoms. The fourth-order valence-electron chi connectivity index (χ4n) is 2.05. The molecule has 0 atom stereocenters. The van der Waals surface area contributed by atoms with Crippen LogP contribution in [0.15, 0.2) is 12.1 Å². The van der Waals surface area contributed by atoms with E-state index in [1.807, 2.05) is 11.5 Å². The van der Waals surface area contributed by atoms with Crippen LogP contribution in [-0.4, -0.2) is 17.8 Å². The quantitative estimate of drug-likeness (QED) is 0.861. The van der Waals surface area contributed by atoms with E-state index >= 15 is 0 Å². The highest BCUT2D eigenvalue weighted by Gasteiger charge is 2.07. The van der Waals surface area contributed by atoms with Crippen LogP contribution in [0.4, 0.5) is 0 Å². The molecular weight excluding hydrogens is 268 g/mol. The molecule has 5 heteroatoms. The lowest BCUT2D eigenvalue weighted by Crippen LogP contribution is -2.16. The largest absolute Gasteiger partial charge is 0.380 e. The number of thiazole rings is 1. The molecule has 0 fully saturated rings. The predicted octanol–water partition coefficient (Wildman–Crippen LogP) is 3.26. The minimum absolute atomic E-state index is 0. The molecule has 0 saturated carbocycles.